The third-order valence-corrected chi connectivity index (χ3v) is 9.95. The number of fused-ring (bicyclic) bond motifs is 7. The van der Waals surface area contributed by atoms with Gasteiger partial charge in [0.25, 0.3) is 5.91 Å². The fourth-order valence-corrected chi connectivity index (χ4v) is 8.06. The van der Waals surface area contributed by atoms with Crippen molar-refractivity contribution < 1.29 is 4.79 Å². The average molecular weight is 517 g/mol. The smallest absolute Gasteiger partial charge is 0.255 e. The van der Waals surface area contributed by atoms with Crippen LogP contribution in [0.2, 0.25) is 0 Å². The van der Waals surface area contributed by atoms with Gasteiger partial charge < -0.3 is 10.6 Å². The predicted molar refractivity (Wildman–Crippen MR) is 157 cm³/mol. The molecule has 7 rings (SSSR count). The normalized spacial score (nSPS) is 24.8. The zero-order valence-corrected chi connectivity index (χ0v) is 22.2. The molecule has 1 aliphatic heterocycles. The summed E-state index contributed by atoms with van der Waals surface area (Å²) in [6.07, 6.45) is 3.98. The van der Waals surface area contributed by atoms with Gasteiger partial charge in [-0.25, -0.2) is 0 Å². The first-order chi connectivity index (χ1) is 18.7. The molecule has 4 heteroatoms. The van der Waals surface area contributed by atoms with Gasteiger partial charge >= 0.3 is 0 Å². The highest BCUT2D eigenvalue weighted by Gasteiger charge is 2.53. The Hall–Kier alpha value is -3.50. The Morgan fingerprint density at radius 3 is 2.37 bits per heavy atom. The van der Waals surface area contributed by atoms with Gasteiger partial charge in [0.05, 0.1) is 6.04 Å². The summed E-state index contributed by atoms with van der Waals surface area (Å²) in [7, 11) is 0. The number of anilines is 2. The van der Waals surface area contributed by atoms with Gasteiger partial charge in [-0.05, 0) is 102 Å². The van der Waals surface area contributed by atoms with Gasteiger partial charge in [0.1, 0.15) is 0 Å². The molecule has 3 aliphatic rings. The van der Waals surface area contributed by atoms with E-state index in [1.54, 1.807) is 0 Å². The second-order valence-corrected chi connectivity index (χ2v) is 12.1. The van der Waals surface area contributed by atoms with E-state index >= 15 is 0 Å². The zero-order valence-electron chi connectivity index (χ0n) is 21.3. The second-order valence-electron chi connectivity index (χ2n) is 11.0. The molecule has 2 N–H and O–H groups in total. The number of carbonyl (C=O) groups excluding carboxylic acids is 1. The largest absolute Gasteiger partial charge is 0.378 e. The van der Waals surface area contributed by atoms with E-state index in [1.807, 2.05) is 36.0 Å². The quantitative estimate of drug-likeness (QED) is 0.252. The van der Waals surface area contributed by atoms with Crippen molar-refractivity contribution in [2.75, 3.05) is 10.6 Å². The highest BCUT2D eigenvalue weighted by molar-refractivity contribution is 7.98. The van der Waals surface area contributed by atoms with E-state index in [4.69, 9.17) is 0 Å². The maximum atomic E-state index is 13.3. The van der Waals surface area contributed by atoms with E-state index in [0.717, 1.165) is 28.8 Å². The Labute approximate surface area is 229 Å². The van der Waals surface area contributed by atoms with Crippen LogP contribution in [0, 0.1) is 17.8 Å². The van der Waals surface area contributed by atoms with Crippen molar-refractivity contribution in [3.05, 3.63) is 125 Å². The van der Waals surface area contributed by atoms with E-state index < -0.39 is 0 Å². The minimum absolute atomic E-state index is 0.0379. The highest BCUT2D eigenvalue weighted by atomic mass is 32.2. The Morgan fingerprint density at radius 1 is 0.842 bits per heavy atom. The molecule has 2 saturated carbocycles. The number of amides is 1. The average Bonchev–Trinajstić information content (AvgIpc) is 3.60. The summed E-state index contributed by atoms with van der Waals surface area (Å²) < 4.78 is 0. The summed E-state index contributed by atoms with van der Waals surface area (Å²) in [5.74, 6) is 3.50. The van der Waals surface area contributed by atoms with Crippen molar-refractivity contribution in [1.82, 2.24) is 0 Å². The summed E-state index contributed by atoms with van der Waals surface area (Å²) in [5.41, 5.74) is 6.75. The van der Waals surface area contributed by atoms with Crippen molar-refractivity contribution >= 4 is 29.0 Å². The number of nitrogens with one attached hydrogen (secondary N) is 2. The lowest BCUT2D eigenvalue weighted by Gasteiger charge is -2.43. The maximum Gasteiger partial charge on any atom is 0.255 e. The van der Waals surface area contributed by atoms with Crippen molar-refractivity contribution in [2.24, 2.45) is 17.8 Å². The van der Waals surface area contributed by atoms with Gasteiger partial charge in [-0.2, -0.15) is 0 Å². The lowest BCUT2D eigenvalue weighted by Crippen LogP contribution is -2.35. The molecule has 4 aromatic rings. The van der Waals surface area contributed by atoms with Crippen LogP contribution in [0.25, 0.3) is 0 Å². The molecular formula is C34H32N2OS. The Kier molecular flexibility index (Phi) is 6.21. The minimum atomic E-state index is -0.0379. The number of hydrogen-bond acceptors (Lipinski definition) is 3. The summed E-state index contributed by atoms with van der Waals surface area (Å²) in [6.45, 7) is 0. The lowest BCUT2D eigenvalue weighted by molar-refractivity contribution is 0.102. The van der Waals surface area contributed by atoms with Crippen LogP contribution in [0.3, 0.4) is 0 Å². The first kappa shape index (κ1) is 23.6. The second kappa shape index (κ2) is 9.99. The Morgan fingerprint density at radius 2 is 1.58 bits per heavy atom. The minimum Gasteiger partial charge on any atom is -0.378 e. The third kappa shape index (κ3) is 4.41. The molecule has 3 nitrogen and oxygen atoms in total. The van der Waals surface area contributed by atoms with Crippen LogP contribution in [0.5, 0.6) is 0 Å². The SMILES string of the molecule is O=C(Nc1ccc(CSc2ccccc2)cc1)c1ccc2c(c1)[C@@H]1[C@H]3CC[C@@H](C3)[C@@H]1[C@@H](c1ccccc1)N2. The molecule has 0 radical (unpaired) electrons. The predicted octanol–water partition coefficient (Wildman–Crippen LogP) is 8.53. The van der Waals surface area contributed by atoms with Gasteiger partial charge in [-0.15, -0.1) is 11.8 Å². The fourth-order valence-electron chi connectivity index (χ4n) is 7.19. The summed E-state index contributed by atoms with van der Waals surface area (Å²) in [6, 6.07) is 36.2. The standard InChI is InChI=1S/C34H32N2OS/c37-34(35-27-16-11-22(12-17-27)21-38-28-9-5-2-6-10-28)26-15-18-30-29(20-26)31-24-13-14-25(19-24)32(31)33(36-30)23-7-3-1-4-8-23/h1-12,15-18,20,24-25,31-33,36H,13-14,19,21H2,(H,35,37)/t24-,25-,31-,32-,33+/m0/s1. The van der Waals surface area contributed by atoms with Crippen LogP contribution >= 0.6 is 11.8 Å². The monoisotopic (exact) mass is 516 g/mol. The van der Waals surface area contributed by atoms with Gasteiger partial charge in [-0.1, -0.05) is 60.7 Å². The first-order valence-corrected chi connectivity index (χ1v) is 14.7. The van der Waals surface area contributed by atoms with Crippen LogP contribution in [0.4, 0.5) is 11.4 Å². The van der Waals surface area contributed by atoms with Crippen LogP contribution in [-0.2, 0) is 5.75 Å². The van der Waals surface area contributed by atoms with Gasteiger partial charge in [-0.3, -0.25) is 4.79 Å². The topological polar surface area (TPSA) is 41.1 Å². The molecule has 2 bridgehead atoms. The maximum absolute atomic E-state index is 13.3. The summed E-state index contributed by atoms with van der Waals surface area (Å²) in [5, 5.41) is 7.01. The van der Waals surface area contributed by atoms with Crippen molar-refractivity contribution in [2.45, 2.75) is 41.9 Å². The van der Waals surface area contributed by atoms with Gasteiger partial charge in [0.2, 0.25) is 0 Å². The molecule has 0 saturated heterocycles. The third-order valence-electron chi connectivity index (χ3n) is 8.87. The van der Waals surface area contributed by atoms with Crippen LogP contribution < -0.4 is 10.6 Å². The lowest BCUT2D eigenvalue weighted by atomic mass is 9.68. The van der Waals surface area contributed by atoms with Crippen LogP contribution in [0.1, 0.15) is 58.3 Å². The van der Waals surface area contributed by atoms with E-state index in [0.29, 0.717) is 17.9 Å². The van der Waals surface area contributed by atoms with E-state index in [-0.39, 0.29) is 5.91 Å². The van der Waals surface area contributed by atoms with E-state index in [2.05, 4.69) is 89.5 Å². The Bertz CT molecular complexity index is 1440. The number of carbonyl (C=O) groups is 1. The van der Waals surface area contributed by atoms with Crippen LogP contribution in [-0.4, -0.2) is 5.91 Å². The molecule has 0 unspecified atom stereocenters. The Balaban J connectivity index is 1.08. The van der Waals surface area contributed by atoms with Gasteiger partial charge in [0, 0.05) is 27.6 Å². The van der Waals surface area contributed by atoms with Crippen LogP contribution in [0.15, 0.2) is 108 Å². The molecular weight excluding hydrogens is 484 g/mol. The van der Waals surface area contributed by atoms with Crippen molar-refractivity contribution in [1.29, 1.82) is 0 Å². The highest BCUT2D eigenvalue weighted by Crippen LogP contribution is 2.63. The van der Waals surface area contributed by atoms with Gasteiger partial charge in [0.15, 0.2) is 0 Å². The first-order valence-electron chi connectivity index (χ1n) is 13.8. The number of rotatable bonds is 6. The zero-order chi connectivity index (χ0) is 25.5. The summed E-state index contributed by atoms with van der Waals surface area (Å²) >= 11 is 1.82. The summed E-state index contributed by atoms with van der Waals surface area (Å²) in [4.78, 5) is 14.6. The molecule has 4 aromatic carbocycles. The molecule has 38 heavy (non-hydrogen) atoms. The number of benzene rings is 4. The molecule has 2 aliphatic carbocycles. The molecule has 0 aromatic heterocycles. The number of hydrogen-bond donors (Lipinski definition) is 2. The van der Waals surface area contributed by atoms with Crippen molar-refractivity contribution in [3.8, 4) is 0 Å². The molecule has 5 atom stereocenters. The fraction of sp³-hybridized carbons (Fsp3) is 0.265. The molecule has 1 heterocycles. The number of thioether (sulfide) groups is 1. The van der Waals surface area contributed by atoms with Crippen molar-refractivity contribution in [3.63, 3.8) is 0 Å². The van der Waals surface area contributed by atoms with E-state index in [1.165, 1.54) is 46.5 Å². The van der Waals surface area contributed by atoms with E-state index in [9.17, 15) is 4.79 Å². The molecule has 190 valence electrons. The molecule has 0 spiro atoms. The molecule has 2 fully saturated rings. The molecule has 1 amide bonds.